The van der Waals surface area contributed by atoms with E-state index in [2.05, 4.69) is 10.00 Å². The largest absolute Gasteiger partial charge is 0.486 e. The third-order valence-corrected chi connectivity index (χ3v) is 5.02. The number of carbonyl (C=O) groups excluding carboxylic acids is 1. The van der Waals surface area contributed by atoms with E-state index in [1.54, 1.807) is 10.7 Å². The number of rotatable bonds is 4. The van der Waals surface area contributed by atoms with Crippen molar-refractivity contribution < 1.29 is 19.0 Å². The first-order chi connectivity index (χ1) is 13.5. The lowest BCUT2D eigenvalue weighted by Gasteiger charge is -2.42. The maximum absolute atomic E-state index is 13.6. The fourth-order valence-corrected chi connectivity index (χ4v) is 3.86. The van der Waals surface area contributed by atoms with Gasteiger partial charge in [0, 0.05) is 31.9 Å². The van der Waals surface area contributed by atoms with Crippen molar-refractivity contribution in [2.45, 2.75) is 12.1 Å². The van der Waals surface area contributed by atoms with Gasteiger partial charge in [0.1, 0.15) is 13.2 Å². The van der Waals surface area contributed by atoms with Crippen LogP contribution in [0.3, 0.4) is 0 Å². The second-order valence-corrected chi connectivity index (χ2v) is 7.39. The molecule has 2 atom stereocenters. The molecule has 0 bridgehead atoms. The second kappa shape index (κ2) is 7.81. The van der Waals surface area contributed by atoms with Gasteiger partial charge < -0.3 is 24.0 Å². The molecule has 3 heterocycles. The minimum atomic E-state index is -0.224. The van der Waals surface area contributed by atoms with E-state index in [-0.39, 0.29) is 18.1 Å². The van der Waals surface area contributed by atoms with Crippen molar-refractivity contribution in [3.63, 3.8) is 0 Å². The lowest BCUT2D eigenvalue weighted by atomic mass is 9.99. The van der Waals surface area contributed by atoms with Crippen LogP contribution in [0.5, 0.6) is 11.5 Å². The monoisotopic (exact) mass is 386 g/mol. The lowest BCUT2D eigenvalue weighted by Crippen LogP contribution is -2.51. The van der Waals surface area contributed by atoms with Crippen molar-refractivity contribution in [3.8, 4) is 11.5 Å². The summed E-state index contributed by atoms with van der Waals surface area (Å²) in [5.41, 5.74) is 1.49. The first-order valence-electron chi connectivity index (χ1n) is 9.49. The van der Waals surface area contributed by atoms with Crippen LogP contribution in [0.2, 0.25) is 0 Å². The number of fused-ring (bicyclic) bond motifs is 1. The minimum absolute atomic E-state index is 0.0803. The number of aryl methyl sites for hydroxylation is 1. The van der Waals surface area contributed by atoms with Crippen LogP contribution in [-0.2, 0) is 11.8 Å². The highest BCUT2D eigenvalue weighted by Gasteiger charge is 2.39. The summed E-state index contributed by atoms with van der Waals surface area (Å²) in [5, 5.41) is 4.31. The van der Waals surface area contributed by atoms with Gasteiger partial charge in [-0.1, -0.05) is 6.07 Å². The van der Waals surface area contributed by atoms with Gasteiger partial charge in [-0.3, -0.25) is 9.48 Å². The molecule has 8 heteroatoms. The topological polar surface area (TPSA) is 69.1 Å². The van der Waals surface area contributed by atoms with Gasteiger partial charge in [0.25, 0.3) is 5.91 Å². The number of hydrogen-bond donors (Lipinski definition) is 0. The molecule has 150 valence electrons. The van der Waals surface area contributed by atoms with Gasteiger partial charge in [0.2, 0.25) is 0 Å². The molecule has 2 aliphatic rings. The molecule has 2 aliphatic heterocycles. The van der Waals surface area contributed by atoms with Crippen molar-refractivity contribution in [2.75, 3.05) is 47.0 Å². The molecule has 28 heavy (non-hydrogen) atoms. The van der Waals surface area contributed by atoms with E-state index < -0.39 is 0 Å². The molecule has 0 radical (unpaired) electrons. The summed E-state index contributed by atoms with van der Waals surface area (Å²) in [6, 6.07) is 5.24. The Labute approximate surface area is 164 Å². The van der Waals surface area contributed by atoms with E-state index in [1.165, 1.54) is 0 Å². The Morgan fingerprint density at radius 3 is 2.82 bits per heavy atom. The summed E-state index contributed by atoms with van der Waals surface area (Å²) in [5.74, 6) is 1.07. The fourth-order valence-electron chi connectivity index (χ4n) is 3.86. The highest BCUT2D eigenvalue weighted by Crippen LogP contribution is 2.37. The number of benzene rings is 1. The normalized spacial score (nSPS) is 21.8. The summed E-state index contributed by atoms with van der Waals surface area (Å²) < 4.78 is 19.2. The number of carbonyl (C=O) groups is 1. The maximum atomic E-state index is 13.6. The summed E-state index contributed by atoms with van der Waals surface area (Å²) in [6.07, 6.45) is 3.61. The van der Waals surface area contributed by atoms with E-state index in [1.807, 2.05) is 50.6 Å². The lowest BCUT2D eigenvalue weighted by molar-refractivity contribution is -0.0685. The van der Waals surface area contributed by atoms with Crippen LogP contribution in [0, 0.1) is 0 Å². The molecule has 1 amide bonds. The van der Waals surface area contributed by atoms with Crippen LogP contribution < -0.4 is 9.47 Å². The van der Waals surface area contributed by atoms with Gasteiger partial charge in [-0.2, -0.15) is 5.10 Å². The van der Waals surface area contributed by atoms with Crippen LogP contribution in [-0.4, -0.2) is 78.6 Å². The van der Waals surface area contributed by atoms with Gasteiger partial charge >= 0.3 is 0 Å². The van der Waals surface area contributed by atoms with Crippen molar-refractivity contribution in [1.82, 2.24) is 19.6 Å². The molecule has 2 aromatic rings. The molecule has 0 N–H and O–H groups in total. The van der Waals surface area contributed by atoms with Gasteiger partial charge in [-0.15, -0.1) is 0 Å². The summed E-state index contributed by atoms with van der Waals surface area (Å²) in [7, 11) is 5.88. The number of hydrogen-bond acceptors (Lipinski definition) is 6. The summed E-state index contributed by atoms with van der Waals surface area (Å²) in [4.78, 5) is 17.5. The Hall–Kier alpha value is -2.58. The third kappa shape index (κ3) is 3.57. The smallest absolute Gasteiger partial charge is 0.258 e. The molecular formula is C20H26N4O4. The van der Waals surface area contributed by atoms with E-state index in [4.69, 9.17) is 14.2 Å². The predicted molar refractivity (Wildman–Crippen MR) is 103 cm³/mol. The van der Waals surface area contributed by atoms with Crippen LogP contribution >= 0.6 is 0 Å². The van der Waals surface area contributed by atoms with Gasteiger partial charge in [0.15, 0.2) is 11.5 Å². The van der Waals surface area contributed by atoms with Crippen LogP contribution in [0.25, 0.3) is 0 Å². The quantitative estimate of drug-likeness (QED) is 0.790. The molecule has 1 aromatic carbocycles. The van der Waals surface area contributed by atoms with E-state index in [9.17, 15) is 4.79 Å². The molecule has 0 unspecified atom stereocenters. The van der Waals surface area contributed by atoms with Crippen molar-refractivity contribution in [2.24, 2.45) is 7.05 Å². The molecule has 1 fully saturated rings. The zero-order valence-corrected chi connectivity index (χ0v) is 16.5. The first kappa shape index (κ1) is 18.8. The number of aromatic nitrogens is 2. The molecule has 4 rings (SSSR count). The highest BCUT2D eigenvalue weighted by atomic mass is 16.6. The minimum Gasteiger partial charge on any atom is -0.486 e. The Morgan fingerprint density at radius 2 is 2.07 bits per heavy atom. The summed E-state index contributed by atoms with van der Waals surface area (Å²) >= 11 is 0. The Kier molecular flexibility index (Phi) is 5.23. The Balaban J connectivity index is 1.70. The Morgan fingerprint density at radius 1 is 1.25 bits per heavy atom. The molecular weight excluding hydrogens is 360 g/mol. The van der Waals surface area contributed by atoms with E-state index in [0.29, 0.717) is 50.0 Å². The molecule has 0 spiro atoms. The molecule has 1 saturated heterocycles. The third-order valence-electron chi connectivity index (χ3n) is 5.02. The number of amides is 1. The average Bonchev–Trinajstić information content (AvgIpc) is 3.12. The van der Waals surface area contributed by atoms with E-state index in [0.717, 1.165) is 5.56 Å². The van der Waals surface area contributed by atoms with Crippen molar-refractivity contribution >= 4 is 5.91 Å². The summed E-state index contributed by atoms with van der Waals surface area (Å²) in [6.45, 7) is 2.64. The number of likely N-dealkylation sites (N-methyl/N-ethyl adjacent to an activating group) is 1. The van der Waals surface area contributed by atoms with Gasteiger partial charge in [-0.25, -0.2) is 0 Å². The highest BCUT2D eigenvalue weighted by molar-refractivity contribution is 5.98. The average molecular weight is 386 g/mol. The van der Waals surface area contributed by atoms with Crippen molar-refractivity contribution in [1.29, 1.82) is 0 Å². The molecule has 8 nitrogen and oxygen atoms in total. The molecule has 0 saturated carbocycles. The fraction of sp³-hybridized carbons (Fsp3) is 0.500. The van der Waals surface area contributed by atoms with E-state index >= 15 is 0 Å². The van der Waals surface area contributed by atoms with Crippen LogP contribution in [0.1, 0.15) is 22.0 Å². The van der Waals surface area contributed by atoms with Crippen LogP contribution in [0.15, 0.2) is 30.6 Å². The van der Waals surface area contributed by atoms with Crippen LogP contribution in [0.4, 0.5) is 0 Å². The number of nitrogens with zero attached hydrogens (tertiary/aromatic N) is 4. The van der Waals surface area contributed by atoms with Gasteiger partial charge in [0.05, 0.1) is 30.5 Å². The standard InChI is InChI=1S/C20H26N4O4/c1-22(2)13-17-18(14-11-21-23(3)12-14)24(7-8-26-17)20(25)15-5-4-6-16-19(15)28-10-9-27-16/h4-6,11-12,17-18H,7-10,13H2,1-3H3/t17-,18-/m0/s1. The Bertz CT molecular complexity index is 850. The first-order valence-corrected chi connectivity index (χ1v) is 9.49. The zero-order valence-electron chi connectivity index (χ0n) is 16.5. The van der Waals surface area contributed by atoms with Crippen molar-refractivity contribution in [3.05, 3.63) is 41.7 Å². The maximum Gasteiger partial charge on any atom is 0.258 e. The molecule has 0 aliphatic carbocycles. The number of morpholine rings is 1. The zero-order chi connectivity index (χ0) is 19.7. The predicted octanol–water partition coefficient (Wildman–Crippen LogP) is 1.34. The second-order valence-electron chi connectivity index (χ2n) is 7.39. The number of para-hydroxylation sites is 1. The SMILES string of the molecule is CN(C)C[C@@H]1OCCN(C(=O)c2cccc3c2OCCO3)[C@H]1c1cnn(C)c1. The number of ether oxygens (including phenoxy) is 3. The molecule has 1 aromatic heterocycles. The van der Waals surface area contributed by atoms with Gasteiger partial charge in [-0.05, 0) is 26.2 Å².